The SMILES string of the molecule is COc1ccc(-c2cc3ccccc3oc2=O)cc1NC(=O)COc1ccc(C(C)C)cc1. The Morgan fingerprint density at radius 3 is 2.48 bits per heavy atom. The Labute approximate surface area is 191 Å². The zero-order valence-electron chi connectivity index (χ0n) is 18.8. The lowest BCUT2D eigenvalue weighted by atomic mass is 10.0. The Morgan fingerprint density at radius 2 is 1.76 bits per heavy atom. The molecule has 1 N–H and O–H groups in total. The molecule has 3 aromatic carbocycles. The number of anilines is 1. The Balaban J connectivity index is 1.53. The van der Waals surface area contributed by atoms with Gasteiger partial charge in [0, 0.05) is 5.39 Å². The highest BCUT2D eigenvalue weighted by Gasteiger charge is 2.13. The Morgan fingerprint density at radius 1 is 1.00 bits per heavy atom. The fourth-order valence-corrected chi connectivity index (χ4v) is 3.52. The van der Waals surface area contributed by atoms with Crippen molar-refractivity contribution < 1.29 is 18.7 Å². The summed E-state index contributed by atoms with van der Waals surface area (Å²) in [5, 5.41) is 3.62. The Hall–Kier alpha value is -4.06. The summed E-state index contributed by atoms with van der Waals surface area (Å²) in [6.45, 7) is 4.08. The third-order valence-electron chi connectivity index (χ3n) is 5.34. The van der Waals surface area contributed by atoms with Crippen molar-refractivity contribution in [3.63, 3.8) is 0 Å². The number of methoxy groups -OCH3 is 1. The molecule has 0 saturated carbocycles. The minimum Gasteiger partial charge on any atom is -0.495 e. The van der Waals surface area contributed by atoms with Crippen molar-refractivity contribution in [1.82, 2.24) is 0 Å². The number of carbonyl (C=O) groups excluding carboxylic acids is 1. The van der Waals surface area contributed by atoms with E-state index in [1.54, 1.807) is 30.3 Å². The lowest BCUT2D eigenvalue weighted by Crippen LogP contribution is -2.20. The first-order valence-corrected chi connectivity index (χ1v) is 10.7. The first-order chi connectivity index (χ1) is 15.9. The fourth-order valence-electron chi connectivity index (χ4n) is 3.52. The average molecular weight is 443 g/mol. The molecule has 0 aliphatic carbocycles. The van der Waals surface area contributed by atoms with Crippen molar-refractivity contribution in [2.45, 2.75) is 19.8 Å². The highest BCUT2D eigenvalue weighted by atomic mass is 16.5. The number of benzene rings is 3. The van der Waals surface area contributed by atoms with Gasteiger partial charge in [0.2, 0.25) is 0 Å². The number of ether oxygens (including phenoxy) is 2. The van der Waals surface area contributed by atoms with E-state index in [1.807, 2.05) is 42.5 Å². The molecule has 0 aliphatic heterocycles. The van der Waals surface area contributed by atoms with Crippen LogP contribution in [0.25, 0.3) is 22.1 Å². The van der Waals surface area contributed by atoms with E-state index < -0.39 is 5.63 Å². The number of para-hydroxylation sites is 1. The molecule has 6 heteroatoms. The summed E-state index contributed by atoms with van der Waals surface area (Å²) in [6, 6.07) is 21.9. The molecule has 33 heavy (non-hydrogen) atoms. The predicted molar refractivity (Wildman–Crippen MR) is 129 cm³/mol. The molecule has 0 fully saturated rings. The Kier molecular flexibility index (Phi) is 6.45. The minimum absolute atomic E-state index is 0.160. The van der Waals surface area contributed by atoms with Crippen LogP contribution in [0, 0.1) is 0 Å². The van der Waals surface area contributed by atoms with Crippen LogP contribution in [0.5, 0.6) is 11.5 Å². The fraction of sp³-hybridized carbons (Fsp3) is 0.185. The highest BCUT2D eigenvalue weighted by molar-refractivity contribution is 5.94. The van der Waals surface area contributed by atoms with Gasteiger partial charge in [0.15, 0.2) is 6.61 Å². The van der Waals surface area contributed by atoms with Crippen molar-refractivity contribution >= 4 is 22.6 Å². The van der Waals surface area contributed by atoms with Crippen molar-refractivity contribution in [3.8, 4) is 22.6 Å². The summed E-state index contributed by atoms with van der Waals surface area (Å²) in [4.78, 5) is 25.1. The van der Waals surface area contributed by atoms with Gasteiger partial charge in [-0.1, -0.05) is 50.2 Å². The molecule has 4 aromatic rings. The molecular formula is C27H25NO5. The van der Waals surface area contributed by atoms with E-state index in [0.717, 1.165) is 5.39 Å². The number of nitrogens with one attached hydrogen (secondary N) is 1. The maximum Gasteiger partial charge on any atom is 0.344 e. The molecule has 4 rings (SSSR count). The standard InChI is InChI=1S/C27H25NO5/c1-17(2)18-8-11-21(12-9-18)32-16-26(29)28-23-15-19(10-13-25(23)31-3)22-14-20-6-4-5-7-24(20)33-27(22)30/h4-15,17H,16H2,1-3H3,(H,28,29). The molecule has 0 spiro atoms. The zero-order valence-corrected chi connectivity index (χ0v) is 18.8. The number of hydrogen-bond acceptors (Lipinski definition) is 5. The smallest absolute Gasteiger partial charge is 0.344 e. The third-order valence-corrected chi connectivity index (χ3v) is 5.34. The van der Waals surface area contributed by atoms with Crippen molar-refractivity contribution in [2.75, 3.05) is 19.0 Å². The van der Waals surface area contributed by atoms with E-state index in [-0.39, 0.29) is 12.5 Å². The summed E-state index contributed by atoms with van der Waals surface area (Å²) >= 11 is 0. The van der Waals surface area contributed by atoms with Gasteiger partial charge >= 0.3 is 5.63 Å². The number of rotatable bonds is 7. The molecule has 0 aliphatic rings. The maximum atomic E-state index is 12.5. The summed E-state index contributed by atoms with van der Waals surface area (Å²) in [7, 11) is 1.52. The first-order valence-electron chi connectivity index (χ1n) is 10.7. The highest BCUT2D eigenvalue weighted by Crippen LogP contribution is 2.30. The van der Waals surface area contributed by atoms with E-state index in [4.69, 9.17) is 13.9 Å². The molecule has 0 atom stereocenters. The van der Waals surface area contributed by atoms with Gasteiger partial charge in [0.25, 0.3) is 5.91 Å². The van der Waals surface area contributed by atoms with Crippen LogP contribution in [0.2, 0.25) is 0 Å². The van der Waals surface area contributed by atoms with Crippen LogP contribution < -0.4 is 20.4 Å². The summed E-state index contributed by atoms with van der Waals surface area (Å²) in [5.74, 6) is 1.17. The van der Waals surface area contributed by atoms with Crippen molar-refractivity contribution in [1.29, 1.82) is 0 Å². The van der Waals surface area contributed by atoms with Crippen LogP contribution in [-0.4, -0.2) is 19.6 Å². The third kappa shape index (κ3) is 5.06. The summed E-state index contributed by atoms with van der Waals surface area (Å²) in [6.07, 6.45) is 0. The quantitative estimate of drug-likeness (QED) is 0.376. The molecular weight excluding hydrogens is 418 g/mol. The maximum absolute atomic E-state index is 12.5. The number of hydrogen-bond donors (Lipinski definition) is 1. The minimum atomic E-state index is -0.454. The summed E-state index contributed by atoms with van der Waals surface area (Å²) in [5.41, 5.74) is 2.71. The van der Waals surface area contributed by atoms with Crippen LogP contribution >= 0.6 is 0 Å². The monoisotopic (exact) mass is 443 g/mol. The van der Waals surface area contributed by atoms with Gasteiger partial charge in [-0.3, -0.25) is 4.79 Å². The van der Waals surface area contributed by atoms with Gasteiger partial charge in [0.05, 0.1) is 18.4 Å². The topological polar surface area (TPSA) is 77.8 Å². The first kappa shape index (κ1) is 22.1. The molecule has 168 valence electrons. The number of amides is 1. The van der Waals surface area contributed by atoms with Crippen LogP contribution in [-0.2, 0) is 4.79 Å². The molecule has 0 saturated heterocycles. The number of carbonyl (C=O) groups is 1. The normalized spacial score (nSPS) is 10.9. The summed E-state index contributed by atoms with van der Waals surface area (Å²) < 4.78 is 16.4. The van der Waals surface area contributed by atoms with Gasteiger partial charge in [-0.25, -0.2) is 4.79 Å². The van der Waals surface area contributed by atoms with Gasteiger partial charge < -0.3 is 19.2 Å². The van der Waals surface area contributed by atoms with E-state index in [2.05, 4.69) is 19.2 Å². The van der Waals surface area contributed by atoms with E-state index >= 15 is 0 Å². The van der Waals surface area contributed by atoms with E-state index in [0.29, 0.717) is 39.8 Å². The van der Waals surface area contributed by atoms with Crippen LogP contribution in [0.1, 0.15) is 25.3 Å². The second-order valence-electron chi connectivity index (χ2n) is 7.96. The molecule has 0 radical (unpaired) electrons. The molecule has 0 bridgehead atoms. The molecule has 6 nitrogen and oxygen atoms in total. The van der Waals surface area contributed by atoms with E-state index in [9.17, 15) is 9.59 Å². The molecule has 1 aromatic heterocycles. The lowest BCUT2D eigenvalue weighted by Gasteiger charge is -2.13. The van der Waals surface area contributed by atoms with Gasteiger partial charge in [-0.15, -0.1) is 0 Å². The van der Waals surface area contributed by atoms with Crippen LogP contribution in [0.15, 0.2) is 82.0 Å². The van der Waals surface area contributed by atoms with Gasteiger partial charge in [0.1, 0.15) is 17.1 Å². The lowest BCUT2D eigenvalue weighted by molar-refractivity contribution is -0.118. The second-order valence-corrected chi connectivity index (χ2v) is 7.96. The Bertz CT molecular complexity index is 1340. The van der Waals surface area contributed by atoms with Crippen molar-refractivity contribution in [3.05, 3.63) is 88.8 Å². The largest absolute Gasteiger partial charge is 0.495 e. The average Bonchev–Trinajstić information content (AvgIpc) is 2.82. The molecule has 1 amide bonds. The number of fused-ring (bicyclic) bond motifs is 1. The molecule has 0 unspecified atom stereocenters. The van der Waals surface area contributed by atoms with Gasteiger partial charge in [-0.2, -0.15) is 0 Å². The van der Waals surface area contributed by atoms with Gasteiger partial charge in [-0.05, 0) is 53.4 Å². The van der Waals surface area contributed by atoms with Crippen LogP contribution in [0.3, 0.4) is 0 Å². The second kappa shape index (κ2) is 9.61. The van der Waals surface area contributed by atoms with E-state index in [1.165, 1.54) is 12.7 Å². The molecule has 1 heterocycles. The predicted octanol–water partition coefficient (Wildman–Crippen LogP) is 5.61. The zero-order chi connectivity index (χ0) is 23.4. The van der Waals surface area contributed by atoms with Crippen molar-refractivity contribution in [2.24, 2.45) is 0 Å². The van der Waals surface area contributed by atoms with Crippen LogP contribution in [0.4, 0.5) is 5.69 Å².